The molecule has 0 unspecified atom stereocenters. The van der Waals surface area contributed by atoms with Crippen LogP contribution in [0.2, 0.25) is 0 Å². The van der Waals surface area contributed by atoms with Gasteiger partial charge in [0, 0.05) is 69.5 Å². The van der Waals surface area contributed by atoms with Crippen LogP contribution in [0, 0.1) is 11.7 Å². The van der Waals surface area contributed by atoms with Crippen LogP contribution in [-0.2, 0) is 9.59 Å². The number of fused-ring (bicyclic) bond motifs is 1. The number of nitrogens with one attached hydrogen (secondary N) is 4. The number of carbonyl (C=O) groups is 4. The topological polar surface area (TPSA) is 199 Å². The van der Waals surface area contributed by atoms with Gasteiger partial charge in [-0.05, 0) is 87.6 Å². The number of aromatic amines is 1. The molecule has 0 bridgehead atoms. The zero-order valence-corrected chi connectivity index (χ0v) is 30.7. The molecule has 4 saturated heterocycles. The molecule has 2 aromatic heterocycles. The lowest BCUT2D eigenvalue weighted by Gasteiger charge is -2.38. The Morgan fingerprint density at radius 2 is 1.69 bits per heavy atom. The summed E-state index contributed by atoms with van der Waals surface area (Å²) in [5.41, 5.74) is 8.82. The van der Waals surface area contributed by atoms with Crippen molar-refractivity contribution >= 4 is 57.5 Å². The smallest absolute Gasteiger partial charge is 0.293 e. The molecule has 4 aliphatic rings. The Morgan fingerprint density at radius 3 is 2.40 bits per heavy atom. The Hall–Kier alpha value is -5.58. The van der Waals surface area contributed by atoms with Gasteiger partial charge in [-0.2, -0.15) is 10.1 Å². The number of aromatic nitrogens is 5. The highest BCUT2D eigenvalue weighted by atomic mass is 19.1. The lowest BCUT2D eigenvalue weighted by molar-refractivity contribution is -0.134. The molecule has 17 heteroatoms. The van der Waals surface area contributed by atoms with Crippen molar-refractivity contribution in [3.63, 3.8) is 0 Å². The van der Waals surface area contributed by atoms with E-state index < -0.39 is 29.6 Å². The summed E-state index contributed by atoms with van der Waals surface area (Å²) in [7, 11) is 0. The predicted octanol–water partition coefficient (Wildman–Crippen LogP) is 3.21. The van der Waals surface area contributed by atoms with Crippen LogP contribution in [-0.4, -0.2) is 105 Å². The first kappa shape index (κ1) is 36.4. The summed E-state index contributed by atoms with van der Waals surface area (Å²) in [6.45, 7) is 6.43. The fraction of sp³-hybridized carbons (Fsp3) is 0.500. The highest BCUT2D eigenvalue weighted by molar-refractivity contribution is 6.06. The molecule has 1 atom stereocenters. The number of nitrogen functional groups attached to an aromatic ring is 1. The SMILES string of the molecule is Nc1n[nH]c(C(=O)Nc2cc3cn(C4CCN(CC5CCN(c6ccc(C(=O)N[C@H]7CCC(=O)NC7=O)c(F)c6)CC5)CC4)nc3cc2N2CCCCC2)n1. The van der Waals surface area contributed by atoms with E-state index in [0.717, 1.165) is 107 Å². The van der Waals surface area contributed by atoms with E-state index in [4.69, 9.17) is 10.8 Å². The summed E-state index contributed by atoms with van der Waals surface area (Å²) in [5, 5.41) is 20.2. The van der Waals surface area contributed by atoms with E-state index >= 15 is 4.39 Å². The minimum atomic E-state index is -0.859. The Morgan fingerprint density at radius 1 is 0.909 bits per heavy atom. The number of nitrogens with two attached hydrogens (primary N) is 1. The summed E-state index contributed by atoms with van der Waals surface area (Å²) >= 11 is 0. The third-order valence-corrected chi connectivity index (χ3v) is 11.5. The van der Waals surface area contributed by atoms with Gasteiger partial charge in [-0.1, -0.05) is 0 Å². The van der Waals surface area contributed by atoms with Crippen LogP contribution in [0.5, 0.6) is 0 Å². The van der Waals surface area contributed by atoms with Crippen molar-refractivity contribution in [2.24, 2.45) is 5.92 Å². The van der Waals surface area contributed by atoms with E-state index in [-0.39, 0.29) is 42.1 Å². The highest BCUT2D eigenvalue weighted by Gasteiger charge is 2.30. The summed E-state index contributed by atoms with van der Waals surface area (Å²) in [6.07, 6.45) is 9.77. The Labute approximate surface area is 317 Å². The van der Waals surface area contributed by atoms with E-state index in [9.17, 15) is 19.2 Å². The van der Waals surface area contributed by atoms with E-state index in [1.54, 1.807) is 6.07 Å². The Bertz CT molecular complexity index is 2080. The highest BCUT2D eigenvalue weighted by Crippen LogP contribution is 2.35. The number of halogens is 1. The van der Waals surface area contributed by atoms with Gasteiger partial charge >= 0.3 is 0 Å². The van der Waals surface area contributed by atoms with Crippen LogP contribution in [0.15, 0.2) is 36.5 Å². The molecule has 290 valence electrons. The van der Waals surface area contributed by atoms with Gasteiger partial charge in [0.2, 0.25) is 23.6 Å². The molecule has 0 saturated carbocycles. The molecule has 0 spiro atoms. The first-order valence-corrected chi connectivity index (χ1v) is 19.4. The van der Waals surface area contributed by atoms with Crippen LogP contribution < -0.4 is 31.5 Å². The zero-order chi connectivity index (χ0) is 38.1. The number of nitrogens with zero attached hydrogens (tertiary/aromatic N) is 7. The van der Waals surface area contributed by atoms with E-state index in [1.165, 1.54) is 18.6 Å². The molecule has 55 heavy (non-hydrogen) atoms. The van der Waals surface area contributed by atoms with Crippen molar-refractivity contribution in [2.75, 3.05) is 66.7 Å². The number of carbonyl (C=O) groups excluding carboxylic acids is 4. The van der Waals surface area contributed by atoms with Crippen molar-refractivity contribution in [3.8, 4) is 0 Å². The number of hydrogen-bond acceptors (Lipinski definition) is 11. The summed E-state index contributed by atoms with van der Waals surface area (Å²) < 4.78 is 17.2. The van der Waals surface area contributed by atoms with Gasteiger partial charge in [-0.3, -0.25) is 34.3 Å². The van der Waals surface area contributed by atoms with Gasteiger partial charge < -0.3 is 31.1 Å². The van der Waals surface area contributed by atoms with Crippen molar-refractivity contribution in [1.82, 2.24) is 40.5 Å². The normalized spacial score (nSPS) is 20.5. The number of benzene rings is 2. The summed E-state index contributed by atoms with van der Waals surface area (Å²) in [4.78, 5) is 60.2. The van der Waals surface area contributed by atoms with Gasteiger partial charge in [0.1, 0.15) is 11.9 Å². The van der Waals surface area contributed by atoms with Gasteiger partial charge in [-0.25, -0.2) is 4.39 Å². The zero-order valence-electron chi connectivity index (χ0n) is 30.7. The van der Waals surface area contributed by atoms with Gasteiger partial charge in [0.15, 0.2) is 0 Å². The number of amides is 4. The van der Waals surface area contributed by atoms with Gasteiger partial charge in [-0.15, -0.1) is 5.10 Å². The van der Waals surface area contributed by atoms with Crippen LogP contribution >= 0.6 is 0 Å². The monoisotopic (exact) mass is 754 g/mol. The number of hydrogen-bond donors (Lipinski definition) is 5. The standard InChI is InChI=1S/C38H47FN12O4/c39-28-19-26(4-5-27(28)35(53)41-29-6-7-33(52)43-36(29)54)49-16-8-23(9-17-49)21-48-14-10-25(11-15-48)51-22-24-18-31(42-37(55)34-44-38(40)46-45-34)32(20-30(24)47-51)50-12-2-1-3-13-50/h4-5,18-20,22-23,25,29H,1-3,6-17,21H2,(H,41,53)(H,42,55)(H,43,52,54)(H3,40,44,45,46)/t29-/m0/s1. The number of likely N-dealkylation sites (tertiary alicyclic amines) is 1. The molecule has 4 aromatic rings. The predicted molar refractivity (Wildman–Crippen MR) is 204 cm³/mol. The molecule has 4 fully saturated rings. The Kier molecular flexibility index (Phi) is 10.4. The molecular formula is C38H47FN12O4. The maximum Gasteiger partial charge on any atom is 0.293 e. The first-order chi connectivity index (χ1) is 26.7. The molecule has 6 N–H and O–H groups in total. The third kappa shape index (κ3) is 8.11. The molecule has 0 radical (unpaired) electrons. The second kappa shape index (κ2) is 15.6. The number of rotatable bonds is 9. The molecule has 8 rings (SSSR count). The number of piperidine rings is 4. The number of H-pyrrole nitrogens is 1. The van der Waals surface area contributed by atoms with E-state index in [1.807, 2.05) is 6.07 Å². The lowest BCUT2D eigenvalue weighted by atomic mass is 9.94. The molecule has 2 aromatic carbocycles. The molecule has 4 amide bonds. The molecular weight excluding hydrogens is 707 g/mol. The molecule has 4 aliphatic heterocycles. The maximum absolute atomic E-state index is 15.1. The minimum absolute atomic E-state index is 0.0200. The fourth-order valence-electron chi connectivity index (χ4n) is 8.38. The van der Waals surface area contributed by atoms with Crippen molar-refractivity contribution in [1.29, 1.82) is 0 Å². The van der Waals surface area contributed by atoms with Crippen molar-refractivity contribution in [3.05, 3.63) is 53.7 Å². The average Bonchev–Trinajstić information content (AvgIpc) is 3.82. The van der Waals surface area contributed by atoms with E-state index in [2.05, 4.69) is 62.8 Å². The second-order valence-electron chi connectivity index (χ2n) is 15.2. The van der Waals surface area contributed by atoms with Crippen molar-refractivity contribution < 1.29 is 23.6 Å². The summed E-state index contributed by atoms with van der Waals surface area (Å²) in [5.74, 6) is -2.03. The first-order valence-electron chi connectivity index (χ1n) is 19.4. The van der Waals surface area contributed by atoms with Crippen LogP contribution in [0.25, 0.3) is 10.9 Å². The molecule has 6 heterocycles. The van der Waals surface area contributed by atoms with E-state index in [0.29, 0.717) is 11.6 Å². The minimum Gasteiger partial charge on any atom is -0.371 e. The largest absolute Gasteiger partial charge is 0.371 e. The molecule has 16 nitrogen and oxygen atoms in total. The molecule has 0 aliphatic carbocycles. The van der Waals surface area contributed by atoms with Crippen LogP contribution in [0.1, 0.15) is 84.8 Å². The summed E-state index contributed by atoms with van der Waals surface area (Å²) in [6, 6.07) is 8.13. The average molecular weight is 755 g/mol. The number of anilines is 4. The lowest BCUT2D eigenvalue weighted by Crippen LogP contribution is -2.52. The quantitative estimate of drug-likeness (QED) is 0.157. The van der Waals surface area contributed by atoms with Crippen LogP contribution in [0.4, 0.5) is 27.4 Å². The Balaban J connectivity index is 0.841. The number of imide groups is 1. The third-order valence-electron chi connectivity index (χ3n) is 11.5. The second-order valence-corrected chi connectivity index (χ2v) is 15.2. The fourth-order valence-corrected chi connectivity index (χ4v) is 8.38. The van der Waals surface area contributed by atoms with Crippen LogP contribution in [0.3, 0.4) is 0 Å². The van der Waals surface area contributed by atoms with Gasteiger partial charge in [0.05, 0.1) is 28.5 Å². The maximum atomic E-state index is 15.1. The van der Waals surface area contributed by atoms with Gasteiger partial charge in [0.25, 0.3) is 11.8 Å². The van der Waals surface area contributed by atoms with Crippen molar-refractivity contribution in [2.45, 2.75) is 69.9 Å².